The number of carbonyl (C=O) groups excluding carboxylic acids is 2. The summed E-state index contributed by atoms with van der Waals surface area (Å²) in [7, 11) is 1.62. The highest BCUT2D eigenvalue weighted by molar-refractivity contribution is 6.03. The average Bonchev–Trinajstić information content (AvgIpc) is 3.16. The lowest BCUT2D eigenvalue weighted by Crippen LogP contribution is -2.28. The molecule has 1 atom stereocenters. The van der Waals surface area contributed by atoms with Crippen molar-refractivity contribution in [2.24, 2.45) is 5.92 Å². The summed E-state index contributed by atoms with van der Waals surface area (Å²) in [4.78, 5) is 26.8. The minimum absolute atomic E-state index is 0.0891. The van der Waals surface area contributed by atoms with E-state index in [-0.39, 0.29) is 18.2 Å². The minimum atomic E-state index is -0.427. The van der Waals surface area contributed by atoms with Gasteiger partial charge in [-0.1, -0.05) is 0 Å². The molecule has 4 rings (SSSR count). The van der Waals surface area contributed by atoms with Crippen LogP contribution in [0.15, 0.2) is 42.5 Å². The van der Waals surface area contributed by atoms with E-state index in [2.05, 4.69) is 5.32 Å². The molecule has 0 aromatic heterocycles. The predicted octanol–water partition coefficient (Wildman–Crippen LogP) is 2.47. The van der Waals surface area contributed by atoms with Gasteiger partial charge in [-0.25, -0.2) is 0 Å². The van der Waals surface area contributed by atoms with Gasteiger partial charge in [-0.2, -0.15) is 0 Å². The van der Waals surface area contributed by atoms with Gasteiger partial charge in [0, 0.05) is 37.5 Å². The molecule has 2 aromatic carbocycles. The van der Waals surface area contributed by atoms with Crippen molar-refractivity contribution in [1.82, 2.24) is 0 Å². The molecule has 0 radical (unpaired) electrons. The van der Waals surface area contributed by atoms with Crippen molar-refractivity contribution >= 4 is 23.2 Å². The Morgan fingerprint density at radius 2 is 1.87 bits per heavy atom. The van der Waals surface area contributed by atoms with E-state index in [4.69, 9.17) is 18.9 Å². The Balaban J connectivity index is 1.36. The van der Waals surface area contributed by atoms with Gasteiger partial charge in [0.1, 0.15) is 25.6 Å². The molecule has 8 heteroatoms. The third kappa shape index (κ3) is 4.49. The second kappa shape index (κ2) is 9.04. The number of rotatable bonds is 7. The molecule has 0 spiro atoms. The zero-order chi connectivity index (χ0) is 20.9. The number of hydrogen-bond acceptors (Lipinski definition) is 6. The summed E-state index contributed by atoms with van der Waals surface area (Å²) in [6, 6.07) is 12.5. The van der Waals surface area contributed by atoms with Crippen LogP contribution in [0.4, 0.5) is 11.4 Å². The van der Waals surface area contributed by atoms with E-state index in [1.807, 2.05) is 6.07 Å². The average molecular weight is 412 g/mol. The molecule has 2 heterocycles. The highest BCUT2D eigenvalue weighted by Gasteiger charge is 2.35. The maximum atomic E-state index is 12.7. The van der Waals surface area contributed by atoms with Crippen molar-refractivity contribution in [2.75, 3.05) is 50.3 Å². The molecule has 1 N–H and O–H groups in total. The summed E-state index contributed by atoms with van der Waals surface area (Å²) in [6.07, 6.45) is 0.165. The van der Waals surface area contributed by atoms with Gasteiger partial charge in [-0.15, -0.1) is 0 Å². The Morgan fingerprint density at radius 1 is 1.10 bits per heavy atom. The van der Waals surface area contributed by atoms with Crippen LogP contribution >= 0.6 is 0 Å². The number of hydrogen-bond donors (Lipinski definition) is 1. The molecule has 0 bridgehead atoms. The smallest absolute Gasteiger partial charge is 0.229 e. The number of anilines is 2. The van der Waals surface area contributed by atoms with Crippen molar-refractivity contribution < 1.29 is 28.5 Å². The topological polar surface area (TPSA) is 86.3 Å². The quantitative estimate of drug-likeness (QED) is 0.703. The van der Waals surface area contributed by atoms with E-state index >= 15 is 0 Å². The number of nitrogens with zero attached hydrogens (tertiary/aromatic N) is 1. The molecular weight excluding hydrogens is 388 g/mol. The van der Waals surface area contributed by atoms with E-state index in [1.54, 1.807) is 48.4 Å². The number of methoxy groups -OCH3 is 1. The monoisotopic (exact) mass is 412 g/mol. The molecule has 1 saturated heterocycles. The fourth-order valence-electron chi connectivity index (χ4n) is 3.45. The SMILES string of the molecule is COCCOc1ccc(NC(=O)C2CC(=O)N(c3ccc4c(c3)OCCO4)C2)cc1. The number of fused-ring (bicyclic) bond motifs is 1. The summed E-state index contributed by atoms with van der Waals surface area (Å²) in [6.45, 7) is 2.28. The van der Waals surface area contributed by atoms with E-state index in [0.29, 0.717) is 61.6 Å². The van der Waals surface area contributed by atoms with E-state index in [1.165, 1.54) is 0 Å². The molecule has 2 amide bonds. The third-order valence-corrected chi connectivity index (χ3v) is 5.01. The molecule has 0 aliphatic carbocycles. The van der Waals surface area contributed by atoms with Gasteiger partial charge in [0.25, 0.3) is 0 Å². The second-order valence-electron chi connectivity index (χ2n) is 7.09. The number of benzene rings is 2. The number of carbonyl (C=O) groups is 2. The third-order valence-electron chi connectivity index (χ3n) is 5.01. The molecule has 2 aliphatic heterocycles. The normalized spacial score (nSPS) is 17.7. The van der Waals surface area contributed by atoms with Gasteiger partial charge < -0.3 is 29.2 Å². The molecule has 1 fully saturated rings. The molecule has 158 valence electrons. The van der Waals surface area contributed by atoms with Crippen molar-refractivity contribution in [2.45, 2.75) is 6.42 Å². The maximum Gasteiger partial charge on any atom is 0.229 e. The number of amides is 2. The summed E-state index contributed by atoms with van der Waals surface area (Å²) in [5.74, 6) is 1.28. The Hall–Kier alpha value is -3.26. The van der Waals surface area contributed by atoms with Gasteiger partial charge in [0.15, 0.2) is 11.5 Å². The molecule has 1 unspecified atom stereocenters. The zero-order valence-electron chi connectivity index (χ0n) is 16.8. The Bertz CT molecular complexity index is 914. The van der Waals surface area contributed by atoms with Gasteiger partial charge in [0.2, 0.25) is 11.8 Å². The number of ether oxygens (including phenoxy) is 4. The van der Waals surface area contributed by atoms with Gasteiger partial charge in [-0.05, 0) is 36.4 Å². The molecule has 30 heavy (non-hydrogen) atoms. The molecular formula is C22H24N2O6. The van der Waals surface area contributed by atoms with Crippen LogP contribution in [0.25, 0.3) is 0 Å². The van der Waals surface area contributed by atoms with Crippen LogP contribution in [-0.4, -0.2) is 51.9 Å². The van der Waals surface area contributed by atoms with Crippen LogP contribution in [0.3, 0.4) is 0 Å². The first kappa shape index (κ1) is 20.0. The van der Waals surface area contributed by atoms with Crippen LogP contribution < -0.4 is 24.4 Å². The van der Waals surface area contributed by atoms with Crippen LogP contribution in [0.1, 0.15) is 6.42 Å². The molecule has 0 saturated carbocycles. The Kier molecular flexibility index (Phi) is 6.04. The van der Waals surface area contributed by atoms with E-state index in [0.717, 1.165) is 0 Å². The molecule has 2 aromatic rings. The first-order chi connectivity index (χ1) is 14.6. The van der Waals surface area contributed by atoms with Crippen molar-refractivity contribution in [1.29, 1.82) is 0 Å². The van der Waals surface area contributed by atoms with E-state index in [9.17, 15) is 9.59 Å². The summed E-state index contributed by atoms with van der Waals surface area (Å²) < 4.78 is 21.6. The van der Waals surface area contributed by atoms with Crippen molar-refractivity contribution in [3.63, 3.8) is 0 Å². The molecule has 2 aliphatic rings. The van der Waals surface area contributed by atoms with Crippen molar-refractivity contribution in [3.8, 4) is 17.2 Å². The number of nitrogens with one attached hydrogen (secondary N) is 1. The fraction of sp³-hybridized carbons (Fsp3) is 0.364. The first-order valence-corrected chi connectivity index (χ1v) is 9.87. The standard InChI is InChI=1S/C22H24N2O6/c1-27-8-9-28-18-5-2-16(3-6-18)23-22(26)15-12-21(25)24(14-15)17-4-7-19-20(13-17)30-11-10-29-19/h2-7,13,15H,8-12,14H2,1H3,(H,23,26). The van der Waals surface area contributed by atoms with Crippen LogP contribution in [0.5, 0.6) is 17.2 Å². The van der Waals surface area contributed by atoms with Gasteiger partial charge in [0.05, 0.1) is 12.5 Å². The van der Waals surface area contributed by atoms with Gasteiger partial charge >= 0.3 is 0 Å². The highest BCUT2D eigenvalue weighted by atomic mass is 16.6. The predicted molar refractivity (Wildman–Crippen MR) is 110 cm³/mol. The van der Waals surface area contributed by atoms with Crippen LogP contribution in [0, 0.1) is 5.92 Å². The zero-order valence-corrected chi connectivity index (χ0v) is 16.8. The summed E-state index contributed by atoms with van der Waals surface area (Å²) in [5, 5.41) is 2.88. The lowest BCUT2D eigenvalue weighted by molar-refractivity contribution is -0.122. The van der Waals surface area contributed by atoms with Gasteiger partial charge in [-0.3, -0.25) is 9.59 Å². The maximum absolute atomic E-state index is 12.7. The second-order valence-corrected chi connectivity index (χ2v) is 7.09. The summed E-state index contributed by atoms with van der Waals surface area (Å²) >= 11 is 0. The fourth-order valence-corrected chi connectivity index (χ4v) is 3.45. The summed E-state index contributed by atoms with van der Waals surface area (Å²) in [5.41, 5.74) is 1.36. The van der Waals surface area contributed by atoms with Crippen LogP contribution in [-0.2, 0) is 14.3 Å². The van der Waals surface area contributed by atoms with Crippen molar-refractivity contribution in [3.05, 3.63) is 42.5 Å². The Labute approximate surface area is 174 Å². The minimum Gasteiger partial charge on any atom is -0.491 e. The first-order valence-electron chi connectivity index (χ1n) is 9.87. The highest BCUT2D eigenvalue weighted by Crippen LogP contribution is 2.36. The van der Waals surface area contributed by atoms with E-state index < -0.39 is 5.92 Å². The largest absolute Gasteiger partial charge is 0.491 e. The Morgan fingerprint density at radius 3 is 2.63 bits per heavy atom. The van der Waals surface area contributed by atoms with Crippen LogP contribution in [0.2, 0.25) is 0 Å². The molecule has 8 nitrogen and oxygen atoms in total. The lowest BCUT2D eigenvalue weighted by atomic mass is 10.1. The lowest BCUT2D eigenvalue weighted by Gasteiger charge is -2.22.